The molecule has 4 N–H and O–H groups in total. The molecule has 10 heteroatoms. The van der Waals surface area contributed by atoms with Gasteiger partial charge >= 0.3 is 0 Å². The van der Waals surface area contributed by atoms with Crippen LogP contribution >= 0.6 is 23.2 Å². The maximum atomic E-state index is 14.5. The molecule has 7 nitrogen and oxygen atoms in total. The van der Waals surface area contributed by atoms with Gasteiger partial charge in [-0.1, -0.05) is 23.2 Å². The van der Waals surface area contributed by atoms with E-state index < -0.39 is 5.82 Å². The van der Waals surface area contributed by atoms with Crippen LogP contribution in [-0.4, -0.2) is 33.9 Å². The van der Waals surface area contributed by atoms with E-state index >= 15 is 0 Å². The minimum Gasteiger partial charge on any atom is -0.486 e. The van der Waals surface area contributed by atoms with E-state index in [0.29, 0.717) is 32.6 Å². The smallest absolute Gasteiger partial charge is 0.167 e. The van der Waals surface area contributed by atoms with Crippen molar-refractivity contribution in [1.29, 1.82) is 5.41 Å². The minimum atomic E-state index is -0.678. The highest BCUT2D eigenvalue weighted by molar-refractivity contribution is 6.35. The van der Waals surface area contributed by atoms with Gasteiger partial charge in [0.05, 0.1) is 22.4 Å². The number of hydrogen-bond acceptors (Lipinski definition) is 7. The normalized spacial score (nSPS) is 13.1. The van der Waals surface area contributed by atoms with Crippen molar-refractivity contribution in [2.75, 3.05) is 23.7 Å². The van der Waals surface area contributed by atoms with Gasteiger partial charge in [0.2, 0.25) is 0 Å². The Morgan fingerprint density at radius 2 is 1.91 bits per heavy atom. The highest BCUT2D eigenvalue weighted by atomic mass is 35.5. The molecule has 0 aliphatic carbocycles. The number of benzene rings is 1. The highest BCUT2D eigenvalue weighted by Gasteiger charge is 2.21. The molecule has 0 saturated carbocycles. The maximum absolute atomic E-state index is 14.5. The summed E-state index contributed by atoms with van der Waals surface area (Å²) in [7, 11) is 0. The number of nitrogens with two attached hydrogens (primary N) is 1. The van der Waals surface area contributed by atoms with E-state index in [-0.39, 0.29) is 35.9 Å². The molecule has 166 valence electrons. The Labute approximate surface area is 194 Å². The number of nitrogens with zero attached hydrogens (tertiary/aromatic N) is 3. The van der Waals surface area contributed by atoms with Gasteiger partial charge in [0.25, 0.3) is 0 Å². The first-order valence-corrected chi connectivity index (χ1v) is 10.6. The van der Waals surface area contributed by atoms with Crippen molar-refractivity contribution in [3.8, 4) is 5.75 Å². The first-order valence-electron chi connectivity index (χ1n) is 9.82. The van der Waals surface area contributed by atoms with Crippen molar-refractivity contribution >= 4 is 40.4 Å². The monoisotopic (exact) mass is 475 g/mol. The number of pyridine rings is 2. The van der Waals surface area contributed by atoms with Crippen molar-refractivity contribution in [2.24, 2.45) is 0 Å². The molecule has 0 radical (unpaired) electrons. The number of halogens is 3. The third-order valence-electron chi connectivity index (χ3n) is 5.26. The van der Waals surface area contributed by atoms with Crippen molar-refractivity contribution in [3.05, 3.63) is 74.9 Å². The first kappa shape index (κ1) is 22.3. The number of nitrogens with one attached hydrogen (secondary N) is 1. The topological polar surface area (TPSA) is 108 Å². The van der Waals surface area contributed by atoms with Gasteiger partial charge in [-0.25, -0.2) is 9.37 Å². The lowest BCUT2D eigenvalue weighted by atomic mass is 10.00. The first-order chi connectivity index (χ1) is 15.4. The second kappa shape index (κ2) is 9.28. The van der Waals surface area contributed by atoms with Crippen LogP contribution in [0, 0.1) is 11.2 Å². The third kappa shape index (κ3) is 4.34. The Morgan fingerprint density at radius 3 is 2.53 bits per heavy atom. The van der Waals surface area contributed by atoms with Crippen LogP contribution < -0.4 is 15.4 Å². The van der Waals surface area contributed by atoms with E-state index in [1.54, 1.807) is 12.3 Å². The Hall–Kier alpha value is -2.94. The van der Waals surface area contributed by atoms with Crippen molar-refractivity contribution in [2.45, 2.75) is 19.6 Å². The van der Waals surface area contributed by atoms with Crippen LogP contribution in [0.25, 0.3) is 0 Å². The van der Waals surface area contributed by atoms with Crippen LogP contribution in [0.15, 0.2) is 36.8 Å². The summed E-state index contributed by atoms with van der Waals surface area (Å²) in [5.41, 5.74) is 7.92. The van der Waals surface area contributed by atoms with E-state index in [4.69, 9.17) is 39.1 Å². The lowest BCUT2D eigenvalue weighted by Crippen LogP contribution is -2.38. The summed E-state index contributed by atoms with van der Waals surface area (Å²) in [5.74, 6) is -0.0735. The fourth-order valence-corrected chi connectivity index (χ4v) is 3.82. The number of anilines is 2. The SMILES string of the molecule is N=C(c1cnc(N2CCC2)c(CO)c1)c1cc(OCc2c(Cl)cncc2Cl)c(F)cc1N. The van der Waals surface area contributed by atoms with Gasteiger partial charge in [-0.3, -0.25) is 10.4 Å². The van der Waals surface area contributed by atoms with Gasteiger partial charge in [0.1, 0.15) is 12.4 Å². The number of hydrogen-bond donors (Lipinski definition) is 3. The molecule has 3 aromatic rings. The van der Waals surface area contributed by atoms with Gasteiger partial charge in [-0.2, -0.15) is 0 Å². The van der Waals surface area contributed by atoms with Crippen LogP contribution in [0.4, 0.5) is 15.9 Å². The maximum Gasteiger partial charge on any atom is 0.167 e. The minimum absolute atomic E-state index is 0.0321. The molecule has 4 rings (SSSR count). The third-order valence-corrected chi connectivity index (χ3v) is 5.91. The van der Waals surface area contributed by atoms with E-state index in [1.165, 1.54) is 18.5 Å². The molecule has 0 spiro atoms. The van der Waals surface area contributed by atoms with Crippen LogP contribution in [0.2, 0.25) is 10.0 Å². The molecule has 0 unspecified atom stereocenters. The highest BCUT2D eigenvalue weighted by Crippen LogP contribution is 2.30. The second-order valence-corrected chi connectivity index (χ2v) is 8.14. The lowest BCUT2D eigenvalue weighted by Gasteiger charge is -2.33. The van der Waals surface area contributed by atoms with Crippen LogP contribution in [0.3, 0.4) is 0 Å². The zero-order valence-electron chi connectivity index (χ0n) is 16.9. The molecule has 3 heterocycles. The summed E-state index contributed by atoms with van der Waals surface area (Å²) in [6.45, 7) is 1.47. The van der Waals surface area contributed by atoms with Crippen molar-refractivity contribution in [1.82, 2.24) is 9.97 Å². The summed E-state index contributed by atoms with van der Waals surface area (Å²) in [4.78, 5) is 10.4. The van der Waals surface area contributed by atoms with Gasteiger partial charge in [-0.05, 0) is 18.6 Å². The predicted octanol–water partition coefficient (Wildman–Crippen LogP) is 4.20. The second-order valence-electron chi connectivity index (χ2n) is 7.32. The Kier molecular flexibility index (Phi) is 6.45. The zero-order chi connectivity index (χ0) is 22.8. The standard InChI is InChI=1S/C22H20Cl2FN5O2/c23-16-8-28-9-17(24)15(16)11-32-20-5-14(19(26)6-18(20)25)21(27)12-4-13(10-31)22(29-7-12)30-2-1-3-30/h4-9,27,31H,1-3,10-11,26H2. The average Bonchev–Trinajstić information content (AvgIpc) is 2.73. The summed E-state index contributed by atoms with van der Waals surface area (Å²) in [5, 5.41) is 19.0. The fourth-order valence-electron chi connectivity index (χ4n) is 3.35. The number of aliphatic hydroxyl groups excluding tert-OH is 1. The molecule has 2 aromatic heterocycles. The largest absolute Gasteiger partial charge is 0.486 e. The van der Waals surface area contributed by atoms with Crippen LogP contribution in [0.1, 0.15) is 28.7 Å². The predicted molar refractivity (Wildman–Crippen MR) is 122 cm³/mol. The Morgan fingerprint density at radius 1 is 1.19 bits per heavy atom. The molecule has 0 amide bonds. The van der Waals surface area contributed by atoms with E-state index in [0.717, 1.165) is 25.6 Å². The molecule has 1 fully saturated rings. The Bertz CT molecular complexity index is 1170. The number of aliphatic hydroxyl groups is 1. The summed E-state index contributed by atoms with van der Waals surface area (Å²) in [6, 6.07) is 4.16. The number of ether oxygens (including phenoxy) is 1. The molecule has 0 atom stereocenters. The fraction of sp³-hybridized carbons (Fsp3) is 0.227. The lowest BCUT2D eigenvalue weighted by molar-refractivity contribution is 0.281. The molecule has 32 heavy (non-hydrogen) atoms. The van der Waals surface area contributed by atoms with Crippen molar-refractivity contribution < 1.29 is 14.2 Å². The summed E-state index contributed by atoms with van der Waals surface area (Å²) < 4.78 is 20.1. The summed E-state index contributed by atoms with van der Waals surface area (Å²) >= 11 is 12.2. The average molecular weight is 476 g/mol. The molecule has 1 aliphatic rings. The number of rotatable bonds is 7. The number of nitrogen functional groups attached to an aromatic ring is 1. The van der Waals surface area contributed by atoms with Crippen molar-refractivity contribution in [3.63, 3.8) is 0 Å². The van der Waals surface area contributed by atoms with Gasteiger partial charge in [0, 0.05) is 65.7 Å². The van der Waals surface area contributed by atoms with E-state index in [2.05, 4.69) is 14.9 Å². The number of aromatic nitrogens is 2. The molecular formula is C22H20Cl2FN5O2. The van der Waals surface area contributed by atoms with Gasteiger partial charge < -0.3 is 20.5 Å². The molecule has 1 aromatic carbocycles. The van der Waals surface area contributed by atoms with Crippen LogP contribution in [-0.2, 0) is 13.2 Å². The van der Waals surface area contributed by atoms with E-state index in [1.807, 2.05) is 0 Å². The molecule has 1 saturated heterocycles. The zero-order valence-corrected chi connectivity index (χ0v) is 18.4. The van der Waals surface area contributed by atoms with E-state index in [9.17, 15) is 9.50 Å². The van der Waals surface area contributed by atoms with Crippen LogP contribution in [0.5, 0.6) is 5.75 Å². The molecule has 1 aliphatic heterocycles. The molecule has 0 bridgehead atoms. The summed E-state index contributed by atoms with van der Waals surface area (Å²) in [6.07, 6.45) is 5.47. The molecular weight excluding hydrogens is 456 g/mol. The quantitative estimate of drug-likeness (QED) is 0.349. The Balaban J connectivity index is 1.61. The van der Waals surface area contributed by atoms with Gasteiger partial charge in [-0.15, -0.1) is 0 Å². The van der Waals surface area contributed by atoms with Gasteiger partial charge in [0.15, 0.2) is 11.6 Å².